The van der Waals surface area contributed by atoms with Crippen LogP contribution in [0.15, 0.2) is 97.2 Å². The van der Waals surface area contributed by atoms with Gasteiger partial charge in [0.2, 0.25) is 0 Å². The first-order valence-corrected chi connectivity index (χ1v) is 28.4. The number of rotatable bonds is 51. The molecule has 0 aromatic rings. The molecule has 9 heteroatoms. The summed E-state index contributed by atoms with van der Waals surface area (Å²) in [6.45, 7) is 4.72. The fourth-order valence-corrected chi connectivity index (χ4v) is 7.46. The summed E-state index contributed by atoms with van der Waals surface area (Å²) in [6, 6.07) is 0. The molecule has 0 amide bonds. The van der Waals surface area contributed by atoms with Gasteiger partial charge in [-0.15, -0.1) is 0 Å². The van der Waals surface area contributed by atoms with Gasteiger partial charge in [-0.05, 0) is 96.3 Å². The molecule has 2 atom stereocenters. The zero-order valence-corrected chi connectivity index (χ0v) is 46.1. The SMILES string of the molecule is CC/C=C\C/C=C\C/C=C\C/C=C\C/C=C\C/C=C\C/C=C\CCCCCC(=O)OC(COC(=O)CCCCCCCCCCC/C=C\CCCCCCCCCC)COC(OCC[N+](C)(C)C)C(=O)O. The number of nitrogens with zero attached hydrogens (tertiary/aromatic N) is 1. The number of hydrogen-bond donors (Lipinski definition) is 1. The molecule has 0 saturated heterocycles. The smallest absolute Gasteiger partial charge is 0.361 e. The van der Waals surface area contributed by atoms with Crippen LogP contribution in [0, 0.1) is 0 Å². The van der Waals surface area contributed by atoms with Gasteiger partial charge in [-0.1, -0.05) is 207 Å². The van der Waals surface area contributed by atoms with E-state index in [1.54, 1.807) is 0 Å². The fraction of sp³-hybridized carbons (Fsp3) is 0.694. The molecule has 0 aromatic carbocycles. The number of carbonyl (C=O) groups is 3. The second-order valence-electron chi connectivity index (χ2n) is 19.9. The van der Waals surface area contributed by atoms with Crippen LogP contribution >= 0.6 is 0 Å². The first-order chi connectivity index (χ1) is 34.6. The van der Waals surface area contributed by atoms with Crippen molar-refractivity contribution in [3.05, 3.63) is 97.2 Å². The Morgan fingerprint density at radius 2 is 0.803 bits per heavy atom. The third-order valence-corrected chi connectivity index (χ3v) is 11.8. The van der Waals surface area contributed by atoms with Crippen LogP contribution in [0.5, 0.6) is 0 Å². The molecule has 0 saturated carbocycles. The number of unbranched alkanes of at least 4 members (excludes halogenated alkanes) is 20. The third kappa shape index (κ3) is 53.8. The molecule has 0 radical (unpaired) electrons. The molecule has 0 aromatic heterocycles. The van der Waals surface area contributed by atoms with E-state index in [4.69, 9.17) is 18.9 Å². The summed E-state index contributed by atoms with van der Waals surface area (Å²) in [5.74, 6) is -2.06. The molecule has 0 fully saturated rings. The molecule has 0 rings (SSSR count). The zero-order valence-electron chi connectivity index (χ0n) is 46.1. The number of carboxylic acids is 1. The average Bonchev–Trinajstić information content (AvgIpc) is 3.34. The van der Waals surface area contributed by atoms with E-state index in [1.165, 1.54) is 103 Å². The molecular weight excluding hydrogens is 887 g/mol. The lowest BCUT2D eigenvalue weighted by molar-refractivity contribution is -0.870. The lowest BCUT2D eigenvalue weighted by Gasteiger charge is -2.25. The lowest BCUT2D eigenvalue weighted by atomic mass is 10.1. The first kappa shape index (κ1) is 67.2. The van der Waals surface area contributed by atoms with Gasteiger partial charge in [0.25, 0.3) is 6.29 Å². The van der Waals surface area contributed by atoms with Gasteiger partial charge in [0, 0.05) is 12.8 Å². The van der Waals surface area contributed by atoms with Crippen LogP contribution in [0.2, 0.25) is 0 Å². The van der Waals surface area contributed by atoms with Crippen LogP contribution in [-0.4, -0.2) is 87.4 Å². The van der Waals surface area contributed by atoms with E-state index in [0.29, 0.717) is 17.4 Å². The molecule has 0 aliphatic heterocycles. The van der Waals surface area contributed by atoms with E-state index in [2.05, 4.69) is 111 Å². The minimum absolute atomic E-state index is 0.176. The second-order valence-corrected chi connectivity index (χ2v) is 19.9. The van der Waals surface area contributed by atoms with Crippen molar-refractivity contribution in [3.8, 4) is 0 Å². The predicted molar refractivity (Wildman–Crippen MR) is 299 cm³/mol. The third-order valence-electron chi connectivity index (χ3n) is 11.8. The van der Waals surface area contributed by atoms with E-state index >= 15 is 0 Å². The molecule has 406 valence electrons. The highest BCUT2D eigenvalue weighted by Gasteiger charge is 2.25. The van der Waals surface area contributed by atoms with Crippen molar-refractivity contribution in [2.45, 2.75) is 232 Å². The van der Waals surface area contributed by atoms with Gasteiger partial charge in [-0.25, -0.2) is 4.79 Å². The Kier molecular flexibility index (Phi) is 49.7. The topological polar surface area (TPSA) is 108 Å². The summed E-state index contributed by atoms with van der Waals surface area (Å²) in [5, 5.41) is 9.70. The number of aliphatic carboxylic acids is 1. The summed E-state index contributed by atoms with van der Waals surface area (Å²) >= 11 is 0. The summed E-state index contributed by atoms with van der Waals surface area (Å²) in [4.78, 5) is 37.4. The highest BCUT2D eigenvalue weighted by atomic mass is 16.7. The largest absolute Gasteiger partial charge is 0.477 e. The summed E-state index contributed by atoms with van der Waals surface area (Å²) < 4.78 is 22.8. The summed E-state index contributed by atoms with van der Waals surface area (Å²) in [5.41, 5.74) is 0. The summed E-state index contributed by atoms with van der Waals surface area (Å²) in [6.07, 6.45) is 67.6. The minimum atomic E-state index is -1.53. The lowest BCUT2D eigenvalue weighted by Crippen LogP contribution is -2.40. The maximum absolute atomic E-state index is 12.9. The Bertz CT molecular complexity index is 1480. The molecule has 0 aliphatic carbocycles. The van der Waals surface area contributed by atoms with Gasteiger partial charge in [-0.3, -0.25) is 9.59 Å². The molecule has 0 spiro atoms. The first-order valence-electron chi connectivity index (χ1n) is 28.4. The maximum Gasteiger partial charge on any atom is 0.361 e. The van der Waals surface area contributed by atoms with Crippen molar-refractivity contribution >= 4 is 17.9 Å². The number of carbonyl (C=O) groups excluding carboxylic acids is 2. The molecule has 2 unspecified atom stereocenters. The highest BCUT2D eigenvalue weighted by Crippen LogP contribution is 2.14. The number of hydrogen-bond acceptors (Lipinski definition) is 7. The number of ether oxygens (including phenoxy) is 4. The quantitative estimate of drug-likeness (QED) is 0.0211. The highest BCUT2D eigenvalue weighted by molar-refractivity contribution is 5.71. The van der Waals surface area contributed by atoms with Crippen LogP contribution in [-0.2, 0) is 33.3 Å². The Balaban J connectivity index is 4.38. The molecule has 0 heterocycles. The molecule has 1 N–H and O–H groups in total. The number of allylic oxidation sites excluding steroid dienone is 16. The monoisotopic (exact) mass is 993 g/mol. The number of likely N-dealkylation sites (N-methyl/N-ethyl adjacent to an activating group) is 1. The van der Waals surface area contributed by atoms with Gasteiger partial charge >= 0.3 is 17.9 Å². The molecule has 0 aliphatic rings. The summed E-state index contributed by atoms with van der Waals surface area (Å²) in [7, 11) is 5.95. The van der Waals surface area contributed by atoms with E-state index in [0.717, 1.165) is 83.5 Å². The minimum Gasteiger partial charge on any atom is -0.477 e. The van der Waals surface area contributed by atoms with Crippen molar-refractivity contribution in [3.63, 3.8) is 0 Å². The molecular formula is C62H106NO8+. The number of carboxylic acid groups (broad SMARTS) is 1. The van der Waals surface area contributed by atoms with Crippen molar-refractivity contribution in [1.29, 1.82) is 0 Å². The van der Waals surface area contributed by atoms with Gasteiger partial charge in [-0.2, -0.15) is 0 Å². The molecule has 0 bridgehead atoms. The van der Waals surface area contributed by atoms with Crippen LogP contribution in [0.4, 0.5) is 0 Å². The maximum atomic E-state index is 12.9. The van der Waals surface area contributed by atoms with Crippen LogP contribution in [0.25, 0.3) is 0 Å². The van der Waals surface area contributed by atoms with Crippen molar-refractivity contribution < 1.29 is 42.9 Å². The van der Waals surface area contributed by atoms with Crippen LogP contribution < -0.4 is 0 Å². The van der Waals surface area contributed by atoms with Gasteiger partial charge in [0.15, 0.2) is 6.10 Å². The van der Waals surface area contributed by atoms with Gasteiger partial charge in [0.1, 0.15) is 13.2 Å². The van der Waals surface area contributed by atoms with Crippen molar-refractivity contribution in [2.24, 2.45) is 0 Å². The van der Waals surface area contributed by atoms with Gasteiger partial charge < -0.3 is 28.5 Å². The number of quaternary nitrogens is 1. The Morgan fingerprint density at radius 1 is 0.437 bits per heavy atom. The van der Waals surface area contributed by atoms with E-state index in [-0.39, 0.29) is 38.6 Å². The average molecular weight is 994 g/mol. The van der Waals surface area contributed by atoms with E-state index < -0.39 is 24.3 Å². The standard InChI is InChI=1S/C62H105NO8/c1-6-8-10-12-14-16-18-20-22-24-26-28-29-30-31-33-35-37-39-41-43-45-47-49-51-53-60(65)71-58(57-70-62(61(66)67)68-55-54-63(3,4)5)56-69-59(64)52-50-48-46-44-42-40-38-36-34-32-27-25-23-21-19-17-15-13-11-9-7-2/h8,10,14,16,20,22,25-28,30-31,35,37,41,43,58,62H,6-7,9,11-13,15,17-19,21,23-24,29,32-34,36,38-40,42,44-57H2,1-5H3/p+1/b10-8-,16-14-,22-20-,27-25-,28-26-,31-30-,37-35-,43-41-. The Hall–Kier alpha value is -3.79. The molecule has 71 heavy (non-hydrogen) atoms. The fourth-order valence-electron chi connectivity index (χ4n) is 7.46. The Labute approximate surface area is 435 Å². The van der Waals surface area contributed by atoms with Crippen molar-refractivity contribution in [2.75, 3.05) is 47.5 Å². The van der Waals surface area contributed by atoms with E-state index in [9.17, 15) is 19.5 Å². The number of esters is 2. The van der Waals surface area contributed by atoms with Crippen LogP contribution in [0.1, 0.15) is 219 Å². The van der Waals surface area contributed by atoms with Crippen LogP contribution in [0.3, 0.4) is 0 Å². The second kappa shape index (κ2) is 52.5. The molecule has 9 nitrogen and oxygen atoms in total. The Morgan fingerprint density at radius 3 is 1.23 bits per heavy atom. The van der Waals surface area contributed by atoms with E-state index in [1.807, 2.05) is 21.1 Å². The van der Waals surface area contributed by atoms with Crippen molar-refractivity contribution in [1.82, 2.24) is 0 Å². The normalized spacial score (nSPS) is 13.5. The zero-order chi connectivity index (χ0) is 52.0. The van der Waals surface area contributed by atoms with Gasteiger partial charge in [0.05, 0.1) is 34.4 Å². The predicted octanol–water partition coefficient (Wildman–Crippen LogP) is 16.6.